The van der Waals surface area contributed by atoms with Crippen molar-refractivity contribution in [2.75, 3.05) is 17.4 Å². The highest BCUT2D eigenvalue weighted by Gasteiger charge is 2.26. The van der Waals surface area contributed by atoms with Crippen LogP contribution >= 0.6 is 0 Å². The van der Waals surface area contributed by atoms with Crippen molar-refractivity contribution in [3.63, 3.8) is 0 Å². The number of nitrogens with zero attached hydrogens (tertiary/aromatic N) is 1. The Morgan fingerprint density at radius 1 is 1.10 bits per heavy atom. The zero-order valence-corrected chi connectivity index (χ0v) is 13.1. The first kappa shape index (κ1) is 15.6. The molecule has 2 aromatic rings. The molecule has 6 heteroatoms. The van der Waals surface area contributed by atoms with Crippen LogP contribution < -0.4 is 9.62 Å². The van der Waals surface area contributed by atoms with Crippen LogP contribution in [0.3, 0.4) is 0 Å². The maximum atomic E-state index is 12.7. The van der Waals surface area contributed by atoms with Gasteiger partial charge < -0.3 is 9.73 Å². The first-order valence-corrected chi connectivity index (χ1v) is 8.40. The van der Waals surface area contributed by atoms with Gasteiger partial charge in [-0.2, -0.15) is 8.42 Å². The standard InChI is InChI=1S/C15H20N2O3S/c1-3-16-12-14-10-11-15(20-14)21(18,19)17(4-2)13-8-6-5-7-9-13/h5-11,16H,3-4,12H2,1-2H3. The summed E-state index contributed by atoms with van der Waals surface area (Å²) >= 11 is 0. The van der Waals surface area contributed by atoms with Crippen molar-refractivity contribution in [1.82, 2.24) is 5.32 Å². The lowest BCUT2D eigenvalue weighted by Crippen LogP contribution is -2.30. The molecule has 0 fully saturated rings. The van der Waals surface area contributed by atoms with Gasteiger partial charge in [0.15, 0.2) is 0 Å². The van der Waals surface area contributed by atoms with E-state index >= 15 is 0 Å². The maximum Gasteiger partial charge on any atom is 0.297 e. The van der Waals surface area contributed by atoms with E-state index in [0.717, 1.165) is 6.54 Å². The zero-order valence-electron chi connectivity index (χ0n) is 12.2. The molecule has 114 valence electrons. The number of nitrogens with one attached hydrogen (secondary N) is 1. The van der Waals surface area contributed by atoms with Gasteiger partial charge in [0.25, 0.3) is 10.0 Å². The monoisotopic (exact) mass is 308 g/mol. The second-order valence-electron chi connectivity index (χ2n) is 4.51. The van der Waals surface area contributed by atoms with Crippen molar-refractivity contribution >= 4 is 15.7 Å². The van der Waals surface area contributed by atoms with Crippen LogP contribution in [-0.4, -0.2) is 21.5 Å². The number of para-hydroxylation sites is 1. The molecule has 1 aromatic carbocycles. The van der Waals surface area contributed by atoms with E-state index in [2.05, 4.69) is 5.32 Å². The quantitative estimate of drug-likeness (QED) is 0.854. The molecule has 0 aliphatic rings. The van der Waals surface area contributed by atoms with Gasteiger partial charge in [-0.3, -0.25) is 4.31 Å². The molecule has 0 amide bonds. The molecule has 2 rings (SSSR count). The summed E-state index contributed by atoms with van der Waals surface area (Å²) in [5.74, 6) is 0.611. The topological polar surface area (TPSA) is 62.6 Å². The molecule has 0 aliphatic heterocycles. The zero-order chi connectivity index (χ0) is 15.3. The lowest BCUT2D eigenvalue weighted by Gasteiger charge is -2.21. The number of rotatable bonds is 7. The minimum Gasteiger partial charge on any atom is -0.446 e. The highest BCUT2D eigenvalue weighted by Crippen LogP contribution is 2.24. The van der Waals surface area contributed by atoms with Gasteiger partial charge in [0.2, 0.25) is 5.09 Å². The predicted octanol–water partition coefficient (Wildman–Crippen LogP) is 2.60. The van der Waals surface area contributed by atoms with Crippen molar-refractivity contribution < 1.29 is 12.8 Å². The van der Waals surface area contributed by atoms with Crippen LogP contribution in [0.15, 0.2) is 52.0 Å². The molecule has 1 N–H and O–H groups in total. The average Bonchev–Trinajstić information content (AvgIpc) is 2.96. The number of sulfonamides is 1. The van der Waals surface area contributed by atoms with E-state index in [0.29, 0.717) is 24.5 Å². The summed E-state index contributed by atoms with van der Waals surface area (Å²) < 4.78 is 32.1. The predicted molar refractivity (Wildman–Crippen MR) is 82.7 cm³/mol. The van der Waals surface area contributed by atoms with E-state index in [4.69, 9.17) is 4.42 Å². The fourth-order valence-electron chi connectivity index (χ4n) is 2.03. The Labute approximate surface area is 125 Å². The molecule has 0 bridgehead atoms. The molecule has 0 unspecified atom stereocenters. The Kier molecular flexibility index (Phi) is 5.03. The van der Waals surface area contributed by atoms with Gasteiger partial charge in [0.05, 0.1) is 12.2 Å². The van der Waals surface area contributed by atoms with E-state index < -0.39 is 10.0 Å². The highest BCUT2D eigenvalue weighted by atomic mass is 32.2. The Morgan fingerprint density at radius 3 is 2.43 bits per heavy atom. The highest BCUT2D eigenvalue weighted by molar-refractivity contribution is 7.92. The van der Waals surface area contributed by atoms with Crippen LogP contribution in [0.5, 0.6) is 0 Å². The van der Waals surface area contributed by atoms with Crippen molar-refractivity contribution in [3.8, 4) is 0 Å². The minimum absolute atomic E-state index is 0.0268. The molecule has 0 saturated carbocycles. The van der Waals surface area contributed by atoms with Gasteiger partial charge in [-0.05, 0) is 37.7 Å². The molecular formula is C15H20N2O3S. The molecule has 5 nitrogen and oxygen atoms in total. The molecule has 0 atom stereocenters. The summed E-state index contributed by atoms with van der Waals surface area (Å²) in [5.41, 5.74) is 0.629. The van der Waals surface area contributed by atoms with Crippen LogP contribution in [-0.2, 0) is 16.6 Å². The Bertz CT molecular complexity index is 665. The number of hydrogen-bond acceptors (Lipinski definition) is 4. The summed E-state index contributed by atoms with van der Waals surface area (Å²) in [6, 6.07) is 12.2. The van der Waals surface area contributed by atoms with Crippen LogP contribution in [0, 0.1) is 0 Å². The van der Waals surface area contributed by atoms with Gasteiger partial charge in [-0.15, -0.1) is 0 Å². The SMILES string of the molecule is CCNCc1ccc(S(=O)(=O)N(CC)c2ccccc2)o1. The van der Waals surface area contributed by atoms with Gasteiger partial charge in [0.1, 0.15) is 5.76 Å². The van der Waals surface area contributed by atoms with E-state index in [1.54, 1.807) is 25.1 Å². The summed E-state index contributed by atoms with van der Waals surface area (Å²) in [6.45, 7) is 5.44. The third-order valence-corrected chi connectivity index (χ3v) is 4.84. The molecule has 21 heavy (non-hydrogen) atoms. The summed E-state index contributed by atoms with van der Waals surface area (Å²) in [6.07, 6.45) is 0. The molecule has 1 aromatic heterocycles. The van der Waals surface area contributed by atoms with Crippen LogP contribution in [0.2, 0.25) is 0 Å². The molecule has 0 aliphatic carbocycles. The number of furan rings is 1. The van der Waals surface area contributed by atoms with Crippen molar-refractivity contribution in [1.29, 1.82) is 0 Å². The minimum atomic E-state index is -3.67. The van der Waals surface area contributed by atoms with Gasteiger partial charge in [-0.1, -0.05) is 25.1 Å². The molecule has 1 heterocycles. The van der Waals surface area contributed by atoms with Crippen LogP contribution in [0.4, 0.5) is 5.69 Å². The average molecular weight is 308 g/mol. The van der Waals surface area contributed by atoms with Crippen molar-refractivity contribution in [2.24, 2.45) is 0 Å². The van der Waals surface area contributed by atoms with Crippen molar-refractivity contribution in [2.45, 2.75) is 25.5 Å². The van der Waals surface area contributed by atoms with E-state index in [1.165, 1.54) is 10.4 Å². The lowest BCUT2D eigenvalue weighted by atomic mass is 10.3. The second-order valence-corrected chi connectivity index (χ2v) is 6.30. The smallest absolute Gasteiger partial charge is 0.297 e. The lowest BCUT2D eigenvalue weighted by molar-refractivity contribution is 0.403. The number of hydrogen-bond donors (Lipinski definition) is 1. The van der Waals surface area contributed by atoms with E-state index in [9.17, 15) is 8.42 Å². The Morgan fingerprint density at radius 2 is 1.81 bits per heavy atom. The van der Waals surface area contributed by atoms with Gasteiger partial charge >= 0.3 is 0 Å². The number of anilines is 1. The third kappa shape index (κ3) is 3.46. The second kappa shape index (κ2) is 6.78. The normalized spacial score (nSPS) is 11.5. The molecule has 0 saturated heterocycles. The fraction of sp³-hybridized carbons (Fsp3) is 0.333. The summed E-state index contributed by atoms with van der Waals surface area (Å²) in [4.78, 5) is 0. The van der Waals surface area contributed by atoms with Gasteiger partial charge in [0, 0.05) is 6.54 Å². The van der Waals surface area contributed by atoms with Crippen molar-refractivity contribution in [3.05, 3.63) is 48.2 Å². The molecular weight excluding hydrogens is 288 g/mol. The third-order valence-electron chi connectivity index (χ3n) is 3.06. The maximum absolute atomic E-state index is 12.7. The van der Waals surface area contributed by atoms with E-state index in [1.807, 2.05) is 25.1 Å². The van der Waals surface area contributed by atoms with Crippen LogP contribution in [0.1, 0.15) is 19.6 Å². The molecule has 0 spiro atoms. The summed E-state index contributed by atoms with van der Waals surface area (Å²) in [5, 5.41) is 3.08. The largest absolute Gasteiger partial charge is 0.446 e. The first-order chi connectivity index (χ1) is 10.1. The van der Waals surface area contributed by atoms with E-state index in [-0.39, 0.29) is 5.09 Å². The Hall–Kier alpha value is -1.79. The fourth-order valence-corrected chi connectivity index (χ4v) is 3.44. The van der Waals surface area contributed by atoms with Crippen LogP contribution in [0.25, 0.3) is 0 Å². The first-order valence-electron chi connectivity index (χ1n) is 6.96. The summed E-state index contributed by atoms with van der Waals surface area (Å²) in [7, 11) is -3.67. The Balaban J connectivity index is 2.29. The number of benzene rings is 1. The molecule has 0 radical (unpaired) electrons. The van der Waals surface area contributed by atoms with Gasteiger partial charge in [-0.25, -0.2) is 0 Å².